The summed E-state index contributed by atoms with van der Waals surface area (Å²) in [6.45, 7) is 0. The summed E-state index contributed by atoms with van der Waals surface area (Å²) in [5, 5.41) is 13.5. The number of carboxylic acid groups (broad SMARTS) is 1. The molecule has 2 heterocycles. The van der Waals surface area contributed by atoms with E-state index in [2.05, 4.69) is 15.3 Å². The predicted octanol–water partition coefficient (Wildman–Crippen LogP) is 6.32. The fraction of sp³-hybridized carbons (Fsp3) is 0.0606. The maximum Gasteiger partial charge on any atom is 0.336 e. The summed E-state index contributed by atoms with van der Waals surface area (Å²) >= 11 is 1.20. The number of benzene rings is 4. The molecule has 0 aliphatic rings. The van der Waals surface area contributed by atoms with Crippen molar-refractivity contribution >= 4 is 51.1 Å². The molecule has 2 N–H and O–H groups in total. The van der Waals surface area contributed by atoms with Crippen LogP contribution < -0.4 is 10.9 Å². The van der Waals surface area contributed by atoms with E-state index in [4.69, 9.17) is 0 Å². The number of anilines is 1. The summed E-state index contributed by atoms with van der Waals surface area (Å²) in [7, 11) is 1.65. The van der Waals surface area contributed by atoms with Crippen LogP contribution in [0.15, 0.2) is 119 Å². The van der Waals surface area contributed by atoms with E-state index in [1.807, 2.05) is 42.5 Å². The SMILES string of the molecule is Cn1c(SC(C(=O)Nc2ccc(-c3cc(C(=O)O)c4ccccc4n3)cc2)c2ccccc2)nc2ccccc2c1=O. The van der Waals surface area contributed by atoms with Crippen LogP contribution >= 0.6 is 11.8 Å². The van der Waals surface area contributed by atoms with Crippen molar-refractivity contribution in [2.75, 3.05) is 5.32 Å². The van der Waals surface area contributed by atoms with Crippen LogP contribution in [0.2, 0.25) is 0 Å². The van der Waals surface area contributed by atoms with Crippen LogP contribution in [0, 0.1) is 0 Å². The molecule has 0 spiro atoms. The van der Waals surface area contributed by atoms with Crippen molar-refractivity contribution < 1.29 is 14.7 Å². The molecule has 6 aromatic rings. The number of carbonyl (C=O) groups is 2. The molecule has 0 aliphatic carbocycles. The van der Waals surface area contributed by atoms with Gasteiger partial charge >= 0.3 is 5.97 Å². The minimum Gasteiger partial charge on any atom is -0.478 e. The van der Waals surface area contributed by atoms with Gasteiger partial charge < -0.3 is 10.4 Å². The van der Waals surface area contributed by atoms with Crippen LogP contribution in [0.25, 0.3) is 33.1 Å². The Balaban J connectivity index is 1.29. The molecule has 42 heavy (non-hydrogen) atoms. The summed E-state index contributed by atoms with van der Waals surface area (Å²) in [5.41, 5.74) is 3.70. The minimum atomic E-state index is -1.03. The molecular weight excluding hydrogens is 548 g/mol. The van der Waals surface area contributed by atoms with Gasteiger partial charge in [0.25, 0.3) is 5.56 Å². The third-order valence-electron chi connectivity index (χ3n) is 6.90. The Labute approximate surface area is 244 Å². The standard InChI is InChI=1S/C33H24N4O4S/c1-37-31(39)24-12-6-8-14-27(24)36-33(37)42-29(21-9-3-2-4-10-21)30(38)34-22-17-15-20(16-18-22)28-19-25(32(40)41)23-11-5-7-13-26(23)35-28/h2-19,29H,1H3,(H,34,38)(H,40,41). The molecular formula is C33H24N4O4S. The Morgan fingerprint density at radius 2 is 1.43 bits per heavy atom. The van der Waals surface area contributed by atoms with E-state index in [1.165, 1.54) is 16.3 Å². The second-order valence-electron chi connectivity index (χ2n) is 9.63. The molecule has 0 bridgehead atoms. The summed E-state index contributed by atoms with van der Waals surface area (Å²) < 4.78 is 1.47. The number of carbonyl (C=O) groups excluding carboxylic acids is 1. The zero-order valence-electron chi connectivity index (χ0n) is 22.4. The number of aromatic nitrogens is 3. The van der Waals surface area contributed by atoms with Crippen molar-refractivity contribution in [3.63, 3.8) is 0 Å². The Hall–Kier alpha value is -5.28. The van der Waals surface area contributed by atoms with Gasteiger partial charge in [-0.15, -0.1) is 0 Å². The number of thioether (sulfide) groups is 1. The van der Waals surface area contributed by atoms with Crippen molar-refractivity contribution in [3.8, 4) is 11.3 Å². The first kappa shape index (κ1) is 26.9. The zero-order chi connectivity index (χ0) is 29.2. The third kappa shape index (κ3) is 5.25. The highest BCUT2D eigenvalue weighted by molar-refractivity contribution is 8.00. The van der Waals surface area contributed by atoms with Gasteiger partial charge in [-0.05, 0) is 42.0 Å². The molecule has 6 rings (SSSR count). The van der Waals surface area contributed by atoms with Crippen LogP contribution in [-0.2, 0) is 11.8 Å². The van der Waals surface area contributed by atoms with E-state index in [-0.39, 0.29) is 17.0 Å². The lowest BCUT2D eigenvalue weighted by Gasteiger charge is -2.18. The molecule has 0 radical (unpaired) electrons. The van der Waals surface area contributed by atoms with Crippen molar-refractivity contribution in [2.45, 2.75) is 10.4 Å². The average Bonchev–Trinajstić information content (AvgIpc) is 3.02. The van der Waals surface area contributed by atoms with Crippen LogP contribution in [-0.4, -0.2) is 31.5 Å². The fourth-order valence-electron chi connectivity index (χ4n) is 4.74. The van der Waals surface area contributed by atoms with Crippen LogP contribution in [0.3, 0.4) is 0 Å². The quantitative estimate of drug-likeness (QED) is 0.170. The Kier molecular flexibility index (Phi) is 7.24. The number of rotatable bonds is 7. The van der Waals surface area contributed by atoms with Crippen molar-refractivity contribution in [2.24, 2.45) is 7.05 Å². The molecule has 1 unspecified atom stereocenters. The van der Waals surface area contributed by atoms with Crippen LogP contribution in [0.1, 0.15) is 21.2 Å². The highest BCUT2D eigenvalue weighted by atomic mass is 32.2. The van der Waals surface area contributed by atoms with Crippen molar-refractivity contribution in [1.29, 1.82) is 0 Å². The number of amides is 1. The van der Waals surface area contributed by atoms with Gasteiger partial charge in [0.2, 0.25) is 5.91 Å². The van der Waals surface area contributed by atoms with Crippen LogP contribution in [0.5, 0.6) is 0 Å². The molecule has 9 heteroatoms. The Bertz CT molecular complexity index is 2030. The van der Waals surface area contributed by atoms with Gasteiger partial charge in [0.15, 0.2) is 5.16 Å². The van der Waals surface area contributed by atoms with Crippen molar-refractivity contribution in [3.05, 3.63) is 131 Å². The maximum atomic E-state index is 13.7. The number of hydrogen-bond acceptors (Lipinski definition) is 6. The van der Waals surface area contributed by atoms with E-state index >= 15 is 0 Å². The van der Waals surface area contributed by atoms with Gasteiger partial charge in [-0.1, -0.05) is 84.6 Å². The van der Waals surface area contributed by atoms with Gasteiger partial charge in [-0.25, -0.2) is 14.8 Å². The second kappa shape index (κ2) is 11.3. The third-order valence-corrected chi connectivity index (χ3v) is 8.20. The highest BCUT2D eigenvalue weighted by Crippen LogP contribution is 2.35. The number of aromatic carboxylic acids is 1. The first-order valence-corrected chi connectivity index (χ1v) is 14.0. The number of pyridine rings is 1. The fourth-order valence-corrected chi connectivity index (χ4v) is 5.80. The first-order chi connectivity index (χ1) is 20.4. The Morgan fingerprint density at radius 1 is 0.810 bits per heavy atom. The monoisotopic (exact) mass is 572 g/mol. The van der Waals surface area contributed by atoms with E-state index < -0.39 is 11.2 Å². The zero-order valence-corrected chi connectivity index (χ0v) is 23.2. The van der Waals surface area contributed by atoms with Gasteiger partial charge in [-0.3, -0.25) is 14.2 Å². The molecule has 0 aliphatic heterocycles. The number of hydrogen-bond donors (Lipinski definition) is 2. The largest absolute Gasteiger partial charge is 0.478 e. The van der Waals surface area contributed by atoms with E-state index in [9.17, 15) is 19.5 Å². The average molecular weight is 573 g/mol. The van der Waals surface area contributed by atoms with E-state index in [1.54, 1.807) is 73.8 Å². The maximum absolute atomic E-state index is 13.7. The van der Waals surface area contributed by atoms with E-state index in [0.717, 1.165) is 5.56 Å². The highest BCUT2D eigenvalue weighted by Gasteiger charge is 2.25. The number of carboxylic acids is 1. The normalized spacial score (nSPS) is 11.8. The second-order valence-corrected chi connectivity index (χ2v) is 10.7. The van der Waals surface area contributed by atoms with Crippen LogP contribution in [0.4, 0.5) is 5.69 Å². The number of nitrogens with one attached hydrogen (secondary N) is 1. The predicted molar refractivity (Wildman–Crippen MR) is 165 cm³/mol. The summed E-state index contributed by atoms with van der Waals surface area (Å²) in [4.78, 5) is 47.9. The lowest BCUT2D eigenvalue weighted by atomic mass is 10.0. The summed E-state index contributed by atoms with van der Waals surface area (Å²) in [6, 6.07) is 32.2. The molecule has 206 valence electrons. The molecule has 0 saturated heterocycles. The molecule has 0 saturated carbocycles. The minimum absolute atomic E-state index is 0.174. The van der Waals surface area contributed by atoms with Crippen molar-refractivity contribution in [1.82, 2.24) is 14.5 Å². The van der Waals surface area contributed by atoms with Gasteiger partial charge in [0.05, 0.1) is 27.7 Å². The number of nitrogens with zero attached hydrogens (tertiary/aromatic N) is 3. The molecule has 0 fully saturated rings. The molecule has 4 aromatic carbocycles. The smallest absolute Gasteiger partial charge is 0.336 e. The topological polar surface area (TPSA) is 114 Å². The van der Waals surface area contributed by atoms with Gasteiger partial charge in [-0.2, -0.15) is 0 Å². The lowest BCUT2D eigenvalue weighted by molar-refractivity contribution is -0.115. The molecule has 1 atom stereocenters. The molecule has 1 amide bonds. The number of para-hydroxylation sites is 2. The van der Waals surface area contributed by atoms with E-state index in [0.29, 0.717) is 43.9 Å². The van der Waals surface area contributed by atoms with Gasteiger partial charge in [0, 0.05) is 23.7 Å². The lowest BCUT2D eigenvalue weighted by Crippen LogP contribution is -2.23. The summed E-state index contributed by atoms with van der Waals surface area (Å²) in [5.74, 6) is -1.31. The first-order valence-electron chi connectivity index (χ1n) is 13.1. The van der Waals surface area contributed by atoms with Gasteiger partial charge in [0.1, 0.15) is 5.25 Å². The number of fused-ring (bicyclic) bond motifs is 2. The Morgan fingerprint density at radius 3 is 2.12 bits per heavy atom. The molecule has 8 nitrogen and oxygen atoms in total. The summed E-state index contributed by atoms with van der Waals surface area (Å²) in [6.07, 6.45) is 0. The molecule has 2 aromatic heterocycles.